The maximum Gasteiger partial charge on any atom is 0.0931 e. The Morgan fingerprint density at radius 3 is 2.65 bits per heavy atom. The molecule has 3 nitrogen and oxygen atoms in total. The second-order valence-corrected chi connectivity index (χ2v) is 5.26. The molecule has 1 saturated heterocycles. The summed E-state index contributed by atoms with van der Waals surface area (Å²) in [7, 11) is 0. The van der Waals surface area contributed by atoms with Crippen molar-refractivity contribution in [2.75, 3.05) is 11.4 Å². The van der Waals surface area contributed by atoms with Gasteiger partial charge in [0, 0.05) is 12.6 Å². The number of hydrogen-bond acceptors (Lipinski definition) is 3. The SMILES string of the molecule is CC(C)C1CCCN1c1ccc([C@H](C)O)nc1. The van der Waals surface area contributed by atoms with Crippen LogP contribution in [0.15, 0.2) is 18.3 Å². The van der Waals surface area contributed by atoms with Crippen molar-refractivity contribution in [2.45, 2.75) is 45.8 Å². The number of hydrogen-bond donors (Lipinski definition) is 1. The highest BCUT2D eigenvalue weighted by molar-refractivity contribution is 5.47. The summed E-state index contributed by atoms with van der Waals surface area (Å²) in [6, 6.07) is 4.64. The van der Waals surface area contributed by atoms with Gasteiger partial charge in [0.25, 0.3) is 0 Å². The summed E-state index contributed by atoms with van der Waals surface area (Å²) in [5, 5.41) is 9.44. The number of rotatable bonds is 3. The van der Waals surface area contributed by atoms with E-state index in [2.05, 4.69) is 29.8 Å². The Hall–Kier alpha value is -1.09. The lowest BCUT2D eigenvalue weighted by atomic mass is 10.0. The fraction of sp³-hybridized carbons (Fsp3) is 0.643. The molecular formula is C14H22N2O. The van der Waals surface area contributed by atoms with Gasteiger partial charge in [-0.05, 0) is 37.8 Å². The van der Waals surface area contributed by atoms with Gasteiger partial charge in [-0.1, -0.05) is 13.8 Å². The van der Waals surface area contributed by atoms with Crippen LogP contribution in [0.3, 0.4) is 0 Å². The van der Waals surface area contributed by atoms with Crippen LogP contribution in [-0.2, 0) is 0 Å². The Morgan fingerprint density at radius 1 is 1.35 bits per heavy atom. The van der Waals surface area contributed by atoms with E-state index in [9.17, 15) is 5.11 Å². The summed E-state index contributed by atoms with van der Waals surface area (Å²) in [6.07, 6.45) is 3.95. The number of anilines is 1. The van der Waals surface area contributed by atoms with Crippen LogP contribution in [0.25, 0.3) is 0 Å². The third-order valence-corrected chi connectivity index (χ3v) is 3.60. The average Bonchev–Trinajstić information content (AvgIpc) is 2.78. The minimum Gasteiger partial charge on any atom is -0.387 e. The molecule has 1 aromatic rings. The summed E-state index contributed by atoms with van der Waals surface area (Å²) in [4.78, 5) is 6.77. The largest absolute Gasteiger partial charge is 0.387 e. The number of nitrogens with zero attached hydrogens (tertiary/aromatic N) is 2. The average molecular weight is 234 g/mol. The van der Waals surface area contributed by atoms with E-state index in [4.69, 9.17) is 0 Å². The third kappa shape index (κ3) is 2.60. The van der Waals surface area contributed by atoms with Gasteiger partial charge in [0.05, 0.1) is 23.7 Å². The Balaban J connectivity index is 2.16. The van der Waals surface area contributed by atoms with E-state index in [1.54, 1.807) is 6.92 Å². The lowest BCUT2D eigenvalue weighted by Crippen LogP contribution is -2.33. The minimum atomic E-state index is -0.483. The molecule has 2 rings (SSSR count). The van der Waals surface area contributed by atoms with Gasteiger partial charge in [-0.3, -0.25) is 4.98 Å². The maximum atomic E-state index is 9.44. The van der Waals surface area contributed by atoms with Gasteiger partial charge in [-0.15, -0.1) is 0 Å². The van der Waals surface area contributed by atoms with E-state index in [0.29, 0.717) is 12.0 Å². The molecule has 1 aliphatic heterocycles. The highest BCUT2D eigenvalue weighted by atomic mass is 16.3. The molecule has 2 heterocycles. The molecule has 17 heavy (non-hydrogen) atoms. The van der Waals surface area contributed by atoms with E-state index in [1.165, 1.54) is 18.5 Å². The smallest absolute Gasteiger partial charge is 0.0931 e. The third-order valence-electron chi connectivity index (χ3n) is 3.60. The second kappa shape index (κ2) is 5.05. The second-order valence-electron chi connectivity index (χ2n) is 5.26. The fourth-order valence-corrected chi connectivity index (χ4v) is 2.62. The van der Waals surface area contributed by atoms with E-state index >= 15 is 0 Å². The van der Waals surface area contributed by atoms with Crippen LogP contribution >= 0.6 is 0 Å². The van der Waals surface area contributed by atoms with Gasteiger partial charge < -0.3 is 10.0 Å². The molecule has 3 heteroatoms. The van der Waals surface area contributed by atoms with E-state index < -0.39 is 6.10 Å². The number of aliphatic hydroxyl groups excluding tert-OH is 1. The molecule has 0 radical (unpaired) electrons. The van der Waals surface area contributed by atoms with Gasteiger partial charge in [-0.2, -0.15) is 0 Å². The number of pyridine rings is 1. The summed E-state index contributed by atoms with van der Waals surface area (Å²) in [5.41, 5.74) is 1.93. The molecule has 0 saturated carbocycles. The molecule has 0 spiro atoms. The minimum absolute atomic E-state index is 0.483. The van der Waals surface area contributed by atoms with E-state index in [1.807, 2.05) is 12.3 Å². The molecular weight excluding hydrogens is 212 g/mol. The first-order valence-electron chi connectivity index (χ1n) is 6.50. The topological polar surface area (TPSA) is 36.4 Å². The lowest BCUT2D eigenvalue weighted by Gasteiger charge is -2.29. The fourth-order valence-electron chi connectivity index (χ4n) is 2.62. The van der Waals surface area contributed by atoms with E-state index in [0.717, 1.165) is 12.2 Å². The first-order chi connectivity index (χ1) is 8.09. The van der Waals surface area contributed by atoms with Crippen molar-refractivity contribution >= 4 is 5.69 Å². The van der Waals surface area contributed by atoms with Crippen LogP contribution in [0, 0.1) is 5.92 Å². The van der Waals surface area contributed by atoms with Crippen LogP contribution in [0.5, 0.6) is 0 Å². The summed E-state index contributed by atoms with van der Waals surface area (Å²) in [6.45, 7) is 7.43. The molecule has 1 N–H and O–H groups in total. The van der Waals surface area contributed by atoms with Crippen molar-refractivity contribution in [1.82, 2.24) is 4.98 Å². The Morgan fingerprint density at radius 2 is 2.12 bits per heavy atom. The molecule has 1 aliphatic rings. The van der Waals surface area contributed by atoms with Crippen molar-refractivity contribution in [3.63, 3.8) is 0 Å². The van der Waals surface area contributed by atoms with E-state index in [-0.39, 0.29) is 0 Å². The normalized spacial score (nSPS) is 22.2. The molecule has 1 unspecified atom stereocenters. The maximum absolute atomic E-state index is 9.44. The summed E-state index contributed by atoms with van der Waals surface area (Å²) >= 11 is 0. The van der Waals surface area contributed by atoms with Crippen LogP contribution in [0.2, 0.25) is 0 Å². The molecule has 1 aromatic heterocycles. The molecule has 0 aromatic carbocycles. The number of aromatic nitrogens is 1. The first-order valence-corrected chi connectivity index (χ1v) is 6.50. The predicted molar refractivity (Wildman–Crippen MR) is 70.1 cm³/mol. The molecule has 0 aliphatic carbocycles. The van der Waals surface area contributed by atoms with Crippen LogP contribution < -0.4 is 4.90 Å². The predicted octanol–water partition coefficient (Wildman–Crippen LogP) is 2.76. The Labute approximate surface area is 103 Å². The zero-order valence-corrected chi connectivity index (χ0v) is 10.9. The van der Waals surface area contributed by atoms with Gasteiger partial charge >= 0.3 is 0 Å². The van der Waals surface area contributed by atoms with Crippen molar-refractivity contribution < 1.29 is 5.11 Å². The van der Waals surface area contributed by atoms with Crippen LogP contribution in [0.1, 0.15) is 45.4 Å². The van der Waals surface area contributed by atoms with Crippen LogP contribution in [-0.4, -0.2) is 22.7 Å². The lowest BCUT2D eigenvalue weighted by molar-refractivity contribution is 0.194. The van der Waals surface area contributed by atoms with Crippen LogP contribution in [0.4, 0.5) is 5.69 Å². The van der Waals surface area contributed by atoms with Gasteiger partial charge in [0.1, 0.15) is 0 Å². The Kier molecular flexibility index (Phi) is 3.67. The standard InChI is InChI=1S/C14H22N2O/c1-10(2)14-5-4-8-16(14)12-6-7-13(11(3)17)15-9-12/h6-7,9-11,14,17H,4-5,8H2,1-3H3/t11-,14?/m0/s1. The zero-order valence-electron chi connectivity index (χ0n) is 10.9. The molecule has 0 amide bonds. The Bertz CT molecular complexity index is 359. The molecule has 2 atom stereocenters. The summed E-state index contributed by atoms with van der Waals surface area (Å²) in [5.74, 6) is 0.675. The van der Waals surface area contributed by atoms with Crippen molar-refractivity contribution in [3.05, 3.63) is 24.0 Å². The highest BCUT2D eigenvalue weighted by Gasteiger charge is 2.27. The zero-order chi connectivity index (χ0) is 12.4. The molecule has 0 bridgehead atoms. The van der Waals surface area contributed by atoms with Crippen molar-refractivity contribution in [1.29, 1.82) is 0 Å². The molecule has 1 fully saturated rings. The first kappa shape index (κ1) is 12.4. The van der Waals surface area contributed by atoms with Crippen molar-refractivity contribution in [2.24, 2.45) is 5.92 Å². The van der Waals surface area contributed by atoms with Gasteiger partial charge in [0.15, 0.2) is 0 Å². The highest BCUT2D eigenvalue weighted by Crippen LogP contribution is 2.29. The van der Waals surface area contributed by atoms with Gasteiger partial charge in [0.2, 0.25) is 0 Å². The number of aliphatic hydroxyl groups is 1. The van der Waals surface area contributed by atoms with Gasteiger partial charge in [-0.25, -0.2) is 0 Å². The monoisotopic (exact) mass is 234 g/mol. The quantitative estimate of drug-likeness (QED) is 0.873. The summed E-state index contributed by atoms with van der Waals surface area (Å²) < 4.78 is 0. The van der Waals surface area contributed by atoms with Crippen molar-refractivity contribution in [3.8, 4) is 0 Å². The molecule has 94 valence electrons.